The van der Waals surface area contributed by atoms with Crippen LogP contribution in [0.4, 0.5) is 11.6 Å². The molecule has 2 aliphatic heterocycles. The summed E-state index contributed by atoms with van der Waals surface area (Å²) >= 11 is 0. The minimum absolute atomic E-state index is 0.0409. The van der Waals surface area contributed by atoms with Gasteiger partial charge in [-0.05, 0) is 48.7 Å². The number of aromatic nitrogens is 3. The number of aliphatic hydroxyl groups is 1. The van der Waals surface area contributed by atoms with E-state index in [9.17, 15) is 4.21 Å². The van der Waals surface area contributed by atoms with Crippen molar-refractivity contribution in [2.45, 2.75) is 23.7 Å². The summed E-state index contributed by atoms with van der Waals surface area (Å²) in [5.41, 5.74) is 4.96. The van der Waals surface area contributed by atoms with Crippen LogP contribution in [0.2, 0.25) is 0 Å². The van der Waals surface area contributed by atoms with E-state index >= 15 is 0 Å². The molecule has 4 heterocycles. The molecular formula is C23H24N4O3S. The molecule has 31 heavy (non-hydrogen) atoms. The molecular weight excluding hydrogens is 412 g/mol. The van der Waals surface area contributed by atoms with Crippen LogP contribution in [0.3, 0.4) is 0 Å². The Morgan fingerprint density at radius 3 is 2.65 bits per heavy atom. The monoisotopic (exact) mass is 436 g/mol. The second-order valence-corrected chi connectivity index (χ2v) is 9.73. The molecule has 8 heteroatoms. The molecule has 0 amide bonds. The van der Waals surface area contributed by atoms with Crippen molar-refractivity contribution in [3.8, 4) is 11.3 Å². The number of pyridine rings is 1. The second-order valence-electron chi connectivity index (χ2n) is 8.16. The number of anilines is 2. The third kappa shape index (κ3) is 3.64. The number of nitrogens with zero attached hydrogens (tertiary/aromatic N) is 4. The maximum absolute atomic E-state index is 12.6. The fourth-order valence-corrected chi connectivity index (χ4v) is 5.26. The number of fused-ring (bicyclic) bond motifs is 2. The van der Waals surface area contributed by atoms with Crippen LogP contribution in [0, 0.1) is 6.92 Å². The maximum Gasteiger partial charge on any atom is 0.229 e. The standard InChI is InChI=1S/C23H24N4O3S/c1-16-5-6-24-20(9-16)17-11-25-22(26-12-17)27-13-23(14-30-15-23)19-4-3-18(10-21(19)27)31(29)8-2-7-28/h3-6,9-12,28H,2,7-8,13-15H2,1H3. The third-order valence-electron chi connectivity index (χ3n) is 5.89. The van der Waals surface area contributed by atoms with E-state index in [0.717, 1.165) is 33.9 Å². The molecule has 1 aromatic carbocycles. The Labute approximate surface area is 183 Å². The van der Waals surface area contributed by atoms with E-state index in [1.165, 1.54) is 5.56 Å². The Morgan fingerprint density at radius 2 is 1.97 bits per heavy atom. The van der Waals surface area contributed by atoms with Crippen LogP contribution in [0.5, 0.6) is 0 Å². The van der Waals surface area contributed by atoms with Crippen LogP contribution in [0.15, 0.2) is 53.8 Å². The molecule has 0 aliphatic carbocycles. The highest BCUT2D eigenvalue weighted by Crippen LogP contribution is 2.48. The molecule has 7 nitrogen and oxygen atoms in total. The van der Waals surface area contributed by atoms with E-state index < -0.39 is 10.8 Å². The number of benzene rings is 1. The maximum atomic E-state index is 12.6. The van der Waals surface area contributed by atoms with Gasteiger partial charge in [-0.15, -0.1) is 0 Å². The van der Waals surface area contributed by atoms with Gasteiger partial charge in [-0.25, -0.2) is 9.97 Å². The summed E-state index contributed by atoms with van der Waals surface area (Å²) in [4.78, 5) is 16.5. The normalized spacial score (nSPS) is 17.4. The summed E-state index contributed by atoms with van der Waals surface area (Å²) in [6.45, 7) is 4.13. The largest absolute Gasteiger partial charge is 0.396 e. The zero-order valence-electron chi connectivity index (χ0n) is 17.3. The molecule has 2 aromatic heterocycles. The van der Waals surface area contributed by atoms with Crippen LogP contribution in [-0.2, 0) is 21.0 Å². The number of rotatable bonds is 6. The Balaban J connectivity index is 1.48. The van der Waals surface area contributed by atoms with Gasteiger partial charge in [0.05, 0.1) is 35.1 Å². The van der Waals surface area contributed by atoms with Gasteiger partial charge in [0.25, 0.3) is 0 Å². The minimum Gasteiger partial charge on any atom is -0.396 e. The minimum atomic E-state index is -1.15. The molecule has 5 rings (SSSR count). The summed E-state index contributed by atoms with van der Waals surface area (Å²) in [6.07, 6.45) is 5.90. The van der Waals surface area contributed by atoms with Crippen molar-refractivity contribution in [3.05, 3.63) is 60.0 Å². The number of ether oxygens (including phenoxy) is 1. The van der Waals surface area contributed by atoms with Gasteiger partial charge >= 0.3 is 0 Å². The molecule has 0 saturated carbocycles. The van der Waals surface area contributed by atoms with Gasteiger partial charge in [0.15, 0.2) is 0 Å². The first-order valence-corrected chi connectivity index (χ1v) is 11.7. The number of hydrogen-bond donors (Lipinski definition) is 1. The Hall–Kier alpha value is -2.68. The fraction of sp³-hybridized carbons (Fsp3) is 0.348. The molecule has 0 radical (unpaired) electrons. The summed E-state index contributed by atoms with van der Waals surface area (Å²) in [5, 5.41) is 9.06. The van der Waals surface area contributed by atoms with E-state index in [4.69, 9.17) is 9.84 Å². The molecule has 1 spiro atoms. The lowest BCUT2D eigenvalue weighted by molar-refractivity contribution is -0.0507. The van der Waals surface area contributed by atoms with E-state index in [2.05, 4.69) is 25.9 Å². The predicted molar refractivity (Wildman–Crippen MR) is 119 cm³/mol. The highest BCUT2D eigenvalue weighted by molar-refractivity contribution is 7.85. The zero-order valence-corrected chi connectivity index (χ0v) is 18.1. The lowest BCUT2D eigenvalue weighted by atomic mass is 9.81. The number of aryl methyl sites for hydroxylation is 1. The van der Waals surface area contributed by atoms with E-state index in [1.807, 2.05) is 31.2 Å². The molecule has 1 atom stereocenters. The molecule has 1 unspecified atom stereocenters. The quantitative estimate of drug-likeness (QED) is 0.636. The van der Waals surface area contributed by atoms with Crippen molar-refractivity contribution in [2.75, 3.05) is 37.0 Å². The Morgan fingerprint density at radius 1 is 1.16 bits per heavy atom. The van der Waals surface area contributed by atoms with Crippen LogP contribution in [-0.4, -0.2) is 56.4 Å². The van der Waals surface area contributed by atoms with Crippen molar-refractivity contribution in [1.29, 1.82) is 0 Å². The van der Waals surface area contributed by atoms with E-state index in [0.29, 0.717) is 31.3 Å². The van der Waals surface area contributed by atoms with Gasteiger partial charge in [0.1, 0.15) is 0 Å². The Bertz CT molecular complexity index is 1130. The second kappa shape index (κ2) is 8.11. The molecule has 1 N–H and O–H groups in total. The van der Waals surface area contributed by atoms with Crippen molar-refractivity contribution < 1.29 is 14.1 Å². The van der Waals surface area contributed by atoms with Crippen LogP contribution in [0.25, 0.3) is 11.3 Å². The lowest BCUT2D eigenvalue weighted by Gasteiger charge is -2.38. The average Bonchev–Trinajstić information content (AvgIpc) is 3.13. The molecule has 2 aliphatic rings. The van der Waals surface area contributed by atoms with Crippen molar-refractivity contribution in [1.82, 2.24) is 15.0 Å². The van der Waals surface area contributed by atoms with Crippen LogP contribution >= 0.6 is 0 Å². The predicted octanol–water partition coefficient (Wildman–Crippen LogP) is 2.76. The lowest BCUT2D eigenvalue weighted by Crippen LogP contribution is -2.49. The first kappa shape index (κ1) is 20.2. The molecule has 0 bridgehead atoms. The van der Waals surface area contributed by atoms with Crippen LogP contribution < -0.4 is 4.90 Å². The van der Waals surface area contributed by atoms with Gasteiger partial charge in [0, 0.05) is 53.6 Å². The molecule has 1 saturated heterocycles. The molecule has 3 aromatic rings. The number of hydrogen-bond acceptors (Lipinski definition) is 7. The van der Waals surface area contributed by atoms with Gasteiger partial charge in [0.2, 0.25) is 5.95 Å². The van der Waals surface area contributed by atoms with Crippen molar-refractivity contribution in [2.24, 2.45) is 0 Å². The van der Waals surface area contributed by atoms with Gasteiger partial charge in [-0.3, -0.25) is 9.19 Å². The van der Waals surface area contributed by atoms with Crippen molar-refractivity contribution in [3.63, 3.8) is 0 Å². The summed E-state index contributed by atoms with van der Waals surface area (Å²) in [6, 6.07) is 9.95. The summed E-state index contributed by atoms with van der Waals surface area (Å²) < 4.78 is 18.2. The van der Waals surface area contributed by atoms with E-state index in [-0.39, 0.29) is 12.0 Å². The van der Waals surface area contributed by atoms with Gasteiger partial charge in [-0.1, -0.05) is 6.07 Å². The Kier molecular flexibility index (Phi) is 5.29. The van der Waals surface area contributed by atoms with Crippen molar-refractivity contribution >= 4 is 22.4 Å². The SMILES string of the molecule is Cc1ccnc(-c2cnc(N3CC4(COC4)c4ccc(S(=O)CCCO)cc43)nc2)c1. The zero-order chi connectivity index (χ0) is 21.4. The average molecular weight is 437 g/mol. The molecule has 1 fully saturated rings. The number of aliphatic hydroxyl groups excluding tert-OH is 1. The molecule has 160 valence electrons. The fourth-order valence-electron chi connectivity index (χ4n) is 4.17. The van der Waals surface area contributed by atoms with Crippen LogP contribution in [0.1, 0.15) is 17.5 Å². The first-order valence-electron chi connectivity index (χ1n) is 10.3. The van der Waals surface area contributed by atoms with Gasteiger partial charge < -0.3 is 14.7 Å². The van der Waals surface area contributed by atoms with E-state index in [1.54, 1.807) is 18.6 Å². The topological polar surface area (TPSA) is 88.4 Å². The highest BCUT2D eigenvalue weighted by Gasteiger charge is 2.49. The smallest absolute Gasteiger partial charge is 0.229 e. The highest BCUT2D eigenvalue weighted by atomic mass is 32.2. The third-order valence-corrected chi connectivity index (χ3v) is 7.33. The summed E-state index contributed by atoms with van der Waals surface area (Å²) in [7, 11) is -1.15. The van der Waals surface area contributed by atoms with Gasteiger partial charge in [-0.2, -0.15) is 0 Å². The summed E-state index contributed by atoms with van der Waals surface area (Å²) in [5.74, 6) is 1.05. The first-order chi connectivity index (χ1) is 15.1.